The molecule has 0 atom stereocenters. The molecule has 0 spiro atoms. The highest BCUT2D eigenvalue weighted by Crippen LogP contribution is 2.33. The lowest BCUT2D eigenvalue weighted by molar-refractivity contribution is 0.375. The first kappa shape index (κ1) is 14.3. The number of anilines is 1. The summed E-state index contributed by atoms with van der Waals surface area (Å²) in [6.07, 6.45) is 0.887. The predicted octanol–water partition coefficient (Wildman–Crippen LogP) is 2.24. The van der Waals surface area contributed by atoms with Crippen molar-refractivity contribution in [3.05, 3.63) is 30.3 Å². The smallest absolute Gasteiger partial charge is 0.243 e. The van der Waals surface area contributed by atoms with Crippen LogP contribution in [0.25, 0.3) is 10.9 Å². The number of rotatable bonds is 2. The van der Waals surface area contributed by atoms with E-state index in [1.807, 2.05) is 0 Å². The molecule has 21 heavy (non-hydrogen) atoms. The first-order chi connectivity index (χ1) is 9.78. The van der Waals surface area contributed by atoms with Gasteiger partial charge in [-0.3, -0.25) is 0 Å². The van der Waals surface area contributed by atoms with Crippen LogP contribution in [-0.4, -0.2) is 30.8 Å². The molecule has 1 aliphatic heterocycles. The van der Waals surface area contributed by atoms with Gasteiger partial charge in [0.25, 0.3) is 0 Å². The molecule has 1 aromatic heterocycles. The molecule has 5 nitrogen and oxygen atoms in total. The van der Waals surface area contributed by atoms with E-state index in [2.05, 4.69) is 18.8 Å². The Labute approximate surface area is 124 Å². The average Bonchev–Trinajstić information content (AvgIpc) is 2.79. The molecule has 1 saturated heterocycles. The molecule has 1 fully saturated rings. The fraction of sp³-hybridized carbons (Fsp3) is 0.400. The maximum Gasteiger partial charge on any atom is 0.243 e. The van der Waals surface area contributed by atoms with Crippen molar-refractivity contribution in [1.82, 2.24) is 9.29 Å². The van der Waals surface area contributed by atoms with Gasteiger partial charge in [0.1, 0.15) is 5.82 Å². The normalized spacial score (nSPS) is 19.1. The molecule has 0 aliphatic carbocycles. The summed E-state index contributed by atoms with van der Waals surface area (Å²) in [6.45, 7) is 5.33. The number of hydrogen-bond acceptors (Lipinski definition) is 4. The Bertz CT molecular complexity index is 800. The van der Waals surface area contributed by atoms with Gasteiger partial charge < -0.3 is 5.73 Å². The summed E-state index contributed by atoms with van der Waals surface area (Å²) in [6, 6.07) is 8.46. The number of fused-ring (bicyclic) bond motifs is 1. The fourth-order valence-electron chi connectivity index (χ4n) is 2.70. The van der Waals surface area contributed by atoms with Gasteiger partial charge in [0, 0.05) is 18.5 Å². The number of benzene rings is 1. The first-order valence-electron chi connectivity index (χ1n) is 6.94. The highest BCUT2D eigenvalue weighted by molar-refractivity contribution is 7.89. The zero-order valence-corrected chi connectivity index (χ0v) is 13.0. The van der Waals surface area contributed by atoms with Crippen LogP contribution in [0.4, 0.5) is 5.82 Å². The highest BCUT2D eigenvalue weighted by atomic mass is 32.2. The number of nitrogens with zero attached hydrogens (tertiary/aromatic N) is 2. The van der Waals surface area contributed by atoms with Crippen LogP contribution < -0.4 is 5.73 Å². The molecule has 0 radical (unpaired) electrons. The van der Waals surface area contributed by atoms with E-state index >= 15 is 0 Å². The van der Waals surface area contributed by atoms with E-state index in [0.717, 1.165) is 11.8 Å². The van der Waals surface area contributed by atoms with Crippen molar-refractivity contribution in [3.63, 3.8) is 0 Å². The Balaban J connectivity index is 2.01. The number of nitrogen functional groups attached to an aromatic ring is 1. The Morgan fingerprint density at radius 1 is 1.24 bits per heavy atom. The minimum Gasteiger partial charge on any atom is -0.384 e. The lowest BCUT2D eigenvalue weighted by atomic mass is 9.93. The predicted molar refractivity (Wildman–Crippen MR) is 83.3 cm³/mol. The van der Waals surface area contributed by atoms with Gasteiger partial charge in [-0.1, -0.05) is 13.8 Å². The van der Waals surface area contributed by atoms with Gasteiger partial charge in [-0.05, 0) is 42.2 Å². The van der Waals surface area contributed by atoms with Gasteiger partial charge in [-0.15, -0.1) is 0 Å². The lowest BCUT2D eigenvalue weighted by Gasteiger charge is -2.19. The third-order valence-corrected chi connectivity index (χ3v) is 5.80. The van der Waals surface area contributed by atoms with Crippen molar-refractivity contribution in [2.24, 2.45) is 5.41 Å². The molecule has 112 valence electrons. The van der Waals surface area contributed by atoms with E-state index in [-0.39, 0.29) is 5.41 Å². The SMILES string of the molecule is CC1(C)CCN(S(=O)(=O)c2ccc3nc(N)ccc3c2)C1. The van der Waals surface area contributed by atoms with Crippen molar-refractivity contribution < 1.29 is 8.42 Å². The molecule has 6 heteroatoms. The van der Waals surface area contributed by atoms with E-state index < -0.39 is 10.0 Å². The number of pyridine rings is 1. The van der Waals surface area contributed by atoms with Crippen molar-refractivity contribution in [2.45, 2.75) is 25.2 Å². The molecular formula is C15H19N3O2S. The van der Waals surface area contributed by atoms with Gasteiger partial charge in [0.2, 0.25) is 10.0 Å². The molecular weight excluding hydrogens is 286 g/mol. The second-order valence-corrected chi connectivity index (χ2v) is 8.28. The van der Waals surface area contributed by atoms with Crippen molar-refractivity contribution in [2.75, 3.05) is 18.8 Å². The number of nitrogens with two attached hydrogens (primary N) is 1. The van der Waals surface area contributed by atoms with E-state index in [4.69, 9.17) is 5.73 Å². The standard InChI is InChI=1S/C15H19N3O2S/c1-15(2)7-8-18(10-15)21(19,20)12-4-5-13-11(9-12)3-6-14(16)17-13/h3-6,9H,7-8,10H2,1-2H3,(H2,16,17). The molecule has 0 unspecified atom stereocenters. The summed E-state index contributed by atoms with van der Waals surface area (Å²) in [5, 5.41) is 0.781. The maximum atomic E-state index is 12.7. The summed E-state index contributed by atoms with van der Waals surface area (Å²) in [5.41, 5.74) is 6.39. The minimum atomic E-state index is -3.44. The maximum absolute atomic E-state index is 12.7. The van der Waals surface area contributed by atoms with Crippen molar-refractivity contribution in [1.29, 1.82) is 0 Å². The molecule has 2 N–H and O–H groups in total. The van der Waals surface area contributed by atoms with Crippen molar-refractivity contribution in [3.8, 4) is 0 Å². The van der Waals surface area contributed by atoms with Gasteiger partial charge >= 0.3 is 0 Å². The Hall–Kier alpha value is -1.66. The van der Waals surface area contributed by atoms with Gasteiger partial charge in [-0.2, -0.15) is 4.31 Å². The molecule has 3 rings (SSSR count). The molecule has 2 heterocycles. The summed E-state index contributed by atoms with van der Waals surface area (Å²) in [5.74, 6) is 0.430. The fourth-order valence-corrected chi connectivity index (χ4v) is 4.36. The van der Waals surface area contributed by atoms with E-state index in [1.165, 1.54) is 0 Å². The highest BCUT2D eigenvalue weighted by Gasteiger charge is 2.36. The van der Waals surface area contributed by atoms with Gasteiger partial charge in [-0.25, -0.2) is 13.4 Å². The van der Waals surface area contributed by atoms with Crippen LogP contribution in [0.5, 0.6) is 0 Å². The number of hydrogen-bond donors (Lipinski definition) is 1. The third-order valence-electron chi connectivity index (χ3n) is 3.96. The molecule has 0 amide bonds. The van der Waals surface area contributed by atoms with E-state index in [9.17, 15) is 8.42 Å². The lowest BCUT2D eigenvalue weighted by Crippen LogP contribution is -2.30. The molecule has 0 bridgehead atoms. The minimum absolute atomic E-state index is 0.0416. The van der Waals surface area contributed by atoms with Crippen LogP contribution in [0.2, 0.25) is 0 Å². The van der Waals surface area contributed by atoms with Crippen LogP contribution in [0, 0.1) is 5.41 Å². The van der Waals surface area contributed by atoms with Gasteiger partial charge in [0.15, 0.2) is 0 Å². The molecule has 1 aliphatic rings. The summed E-state index contributed by atoms with van der Waals surface area (Å²) >= 11 is 0. The second kappa shape index (κ2) is 4.68. The Morgan fingerprint density at radius 3 is 2.67 bits per heavy atom. The van der Waals surface area contributed by atoms with Crippen LogP contribution >= 0.6 is 0 Å². The van der Waals surface area contributed by atoms with E-state index in [0.29, 0.717) is 29.3 Å². The summed E-state index contributed by atoms with van der Waals surface area (Å²) in [7, 11) is -3.44. The van der Waals surface area contributed by atoms with Gasteiger partial charge in [0.05, 0.1) is 10.4 Å². The van der Waals surface area contributed by atoms with Crippen LogP contribution in [-0.2, 0) is 10.0 Å². The summed E-state index contributed by atoms with van der Waals surface area (Å²) in [4.78, 5) is 4.51. The van der Waals surface area contributed by atoms with Crippen LogP contribution in [0.1, 0.15) is 20.3 Å². The third kappa shape index (κ3) is 2.61. The monoisotopic (exact) mass is 305 g/mol. The quantitative estimate of drug-likeness (QED) is 0.923. The Morgan fingerprint density at radius 2 is 2.00 bits per heavy atom. The molecule has 2 aromatic rings. The number of sulfonamides is 1. The summed E-state index contributed by atoms with van der Waals surface area (Å²) < 4.78 is 27.0. The second-order valence-electron chi connectivity index (χ2n) is 6.34. The number of aromatic nitrogens is 1. The Kier molecular flexibility index (Phi) is 3.18. The van der Waals surface area contributed by atoms with Crippen LogP contribution in [0.3, 0.4) is 0 Å². The average molecular weight is 305 g/mol. The molecule has 1 aromatic carbocycles. The first-order valence-corrected chi connectivity index (χ1v) is 8.38. The zero-order valence-electron chi connectivity index (χ0n) is 12.2. The van der Waals surface area contributed by atoms with Crippen molar-refractivity contribution >= 4 is 26.7 Å². The van der Waals surface area contributed by atoms with Crippen LogP contribution in [0.15, 0.2) is 35.2 Å². The topological polar surface area (TPSA) is 76.3 Å². The zero-order chi connectivity index (χ0) is 15.3. The molecule has 0 saturated carbocycles. The largest absolute Gasteiger partial charge is 0.384 e. The van der Waals surface area contributed by atoms with E-state index in [1.54, 1.807) is 34.6 Å².